The topological polar surface area (TPSA) is 59.8 Å². The Morgan fingerprint density at radius 1 is 1.33 bits per heavy atom. The van der Waals surface area contributed by atoms with E-state index in [0.717, 1.165) is 23.5 Å². The standard InChI is InChI=1S/C21H24N4OS/c1-21(2,3)15-4-6-17-14(10-15)11-18(27-17)20(26)24-16-5-7-19(23-12-16)25-9-8-22-13-25/h5,7-9,11-13,15H,4,6,10H2,1-3H3,(H,24,26)/t15-/m1/s1. The molecule has 0 aromatic carbocycles. The SMILES string of the molecule is CC(C)(C)[C@@H]1CCc2sc(C(=O)Nc3ccc(-n4ccnc4)nc3)cc2C1. The van der Waals surface area contributed by atoms with Gasteiger partial charge in [-0.15, -0.1) is 11.3 Å². The maximum atomic E-state index is 12.7. The molecule has 0 unspecified atom stereocenters. The van der Waals surface area contributed by atoms with Crippen LogP contribution in [-0.2, 0) is 12.8 Å². The van der Waals surface area contributed by atoms with E-state index in [4.69, 9.17) is 0 Å². The van der Waals surface area contributed by atoms with Crippen molar-refractivity contribution in [3.8, 4) is 5.82 Å². The molecule has 1 N–H and O–H groups in total. The minimum Gasteiger partial charge on any atom is -0.320 e. The number of carbonyl (C=O) groups excluding carboxylic acids is 1. The number of nitrogens with zero attached hydrogens (tertiary/aromatic N) is 3. The zero-order valence-corrected chi connectivity index (χ0v) is 16.7. The average molecular weight is 381 g/mol. The molecule has 27 heavy (non-hydrogen) atoms. The van der Waals surface area contributed by atoms with Gasteiger partial charge in [-0.3, -0.25) is 9.36 Å². The molecule has 1 amide bonds. The molecule has 4 rings (SSSR count). The molecule has 0 saturated carbocycles. The van der Waals surface area contributed by atoms with Crippen molar-refractivity contribution in [3.05, 3.63) is 58.4 Å². The zero-order valence-electron chi connectivity index (χ0n) is 15.9. The van der Waals surface area contributed by atoms with Gasteiger partial charge < -0.3 is 5.32 Å². The third-order valence-corrected chi connectivity index (χ3v) is 6.54. The molecule has 1 atom stereocenters. The summed E-state index contributed by atoms with van der Waals surface area (Å²) in [5.74, 6) is 1.39. The van der Waals surface area contributed by atoms with Crippen LogP contribution in [0.3, 0.4) is 0 Å². The summed E-state index contributed by atoms with van der Waals surface area (Å²) in [6, 6.07) is 5.81. The molecule has 140 valence electrons. The summed E-state index contributed by atoms with van der Waals surface area (Å²) in [4.78, 5) is 23.2. The summed E-state index contributed by atoms with van der Waals surface area (Å²) in [7, 11) is 0. The number of nitrogens with one attached hydrogen (secondary N) is 1. The molecule has 0 radical (unpaired) electrons. The summed E-state index contributed by atoms with van der Waals surface area (Å²) in [5.41, 5.74) is 2.36. The van der Waals surface area contributed by atoms with Crippen LogP contribution in [0.4, 0.5) is 5.69 Å². The molecule has 0 saturated heterocycles. The van der Waals surface area contributed by atoms with Crippen molar-refractivity contribution in [2.45, 2.75) is 40.0 Å². The second kappa shape index (κ2) is 6.93. The molecule has 1 aliphatic carbocycles. The first-order valence-corrected chi connectivity index (χ1v) is 10.1. The fraction of sp³-hybridized carbons (Fsp3) is 0.381. The molecular formula is C21H24N4OS. The van der Waals surface area contributed by atoms with E-state index in [1.807, 2.05) is 22.9 Å². The highest BCUT2D eigenvalue weighted by Gasteiger charge is 2.30. The first-order valence-electron chi connectivity index (χ1n) is 9.27. The number of amides is 1. The van der Waals surface area contributed by atoms with Gasteiger partial charge in [-0.05, 0) is 54.4 Å². The summed E-state index contributed by atoms with van der Waals surface area (Å²) in [6.07, 6.45) is 10.3. The molecule has 3 heterocycles. The smallest absolute Gasteiger partial charge is 0.265 e. The van der Waals surface area contributed by atoms with Gasteiger partial charge in [-0.25, -0.2) is 9.97 Å². The van der Waals surface area contributed by atoms with Crippen molar-refractivity contribution in [2.75, 3.05) is 5.32 Å². The van der Waals surface area contributed by atoms with Gasteiger partial charge in [0, 0.05) is 17.3 Å². The third-order valence-electron chi connectivity index (χ3n) is 5.31. The van der Waals surface area contributed by atoms with Crippen LogP contribution in [0.1, 0.15) is 47.3 Å². The number of aryl methyl sites for hydroxylation is 1. The molecule has 0 fully saturated rings. The molecule has 5 nitrogen and oxygen atoms in total. The van der Waals surface area contributed by atoms with Gasteiger partial charge in [0.25, 0.3) is 5.91 Å². The molecule has 0 aliphatic heterocycles. The number of imidazole rings is 1. The van der Waals surface area contributed by atoms with Gasteiger partial charge in [-0.2, -0.15) is 0 Å². The predicted octanol–water partition coefficient (Wildman–Crippen LogP) is 4.73. The van der Waals surface area contributed by atoms with Crippen molar-refractivity contribution < 1.29 is 4.79 Å². The van der Waals surface area contributed by atoms with Crippen LogP contribution < -0.4 is 5.32 Å². The Bertz CT molecular complexity index is 936. The Balaban J connectivity index is 1.46. The lowest BCUT2D eigenvalue weighted by Gasteiger charge is -2.33. The number of rotatable bonds is 3. The number of anilines is 1. The molecule has 6 heteroatoms. The van der Waals surface area contributed by atoms with Crippen LogP contribution in [-0.4, -0.2) is 20.4 Å². The lowest BCUT2D eigenvalue weighted by molar-refractivity contribution is 0.103. The number of carbonyl (C=O) groups is 1. The van der Waals surface area contributed by atoms with Gasteiger partial charge in [0.2, 0.25) is 0 Å². The van der Waals surface area contributed by atoms with Gasteiger partial charge >= 0.3 is 0 Å². The lowest BCUT2D eigenvalue weighted by Crippen LogP contribution is -2.26. The lowest BCUT2D eigenvalue weighted by atomic mass is 9.72. The molecule has 0 spiro atoms. The number of hydrogen-bond acceptors (Lipinski definition) is 4. The van der Waals surface area contributed by atoms with E-state index in [0.29, 0.717) is 17.0 Å². The predicted molar refractivity (Wildman–Crippen MR) is 109 cm³/mol. The molecule has 3 aromatic rings. The highest BCUT2D eigenvalue weighted by molar-refractivity contribution is 7.14. The third kappa shape index (κ3) is 3.81. The fourth-order valence-corrected chi connectivity index (χ4v) is 4.68. The zero-order chi connectivity index (χ0) is 19.0. The van der Waals surface area contributed by atoms with E-state index in [1.54, 1.807) is 30.1 Å². The number of thiophene rings is 1. The van der Waals surface area contributed by atoms with E-state index in [-0.39, 0.29) is 5.91 Å². The Morgan fingerprint density at radius 3 is 2.85 bits per heavy atom. The van der Waals surface area contributed by atoms with Gasteiger partial charge in [-0.1, -0.05) is 20.8 Å². The normalized spacial score (nSPS) is 16.8. The fourth-order valence-electron chi connectivity index (χ4n) is 3.57. The molecule has 0 bridgehead atoms. The summed E-state index contributed by atoms with van der Waals surface area (Å²) < 4.78 is 1.82. The number of fused-ring (bicyclic) bond motifs is 1. The van der Waals surface area contributed by atoms with Crippen LogP contribution >= 0.6 is 11.3 Å². The van der Waals surface area contributed by atoms with Crippen LogP contribution in [0.15, 0.2) is 43.1 Å². The maximum absolute atomic E-state index is 12.7. The monoisotopic (exact) mass is 380 g/mol. The highest BCUT2D eigenvalue weighted by Crippen LogP contribution is 2.40. The van der Waals surface area contributed by atoms with Gasteiger partial charge in [0.05, 0.1) is 16.8 Å². The first kappa shape index (κ1) is 17.9. The van der Waals surface area contributed by atoms with Crippen molar-refractivity contribution >= 4 is 22.9 Å². The highest BCUT2D eigenvalue weighted by atomic mass is 32.1. The minimum absolute atomic E-state index is 0.0566. The Hall–Kier alpha value is -2.47. The van der Waals surface area contributed by atoms with E-state index in [1.165, 1.54) is 16.9 Å². The number of aromatic nitrogens is 3. The van der Waals surface area contributed by atoms with E-state index >= 15 is 0 Å². The number of pyridine rings is 1. The van der Waals surface area contributed by atoms with E-state index in [9.17, 15) is 4.79 Å². The summed E-state index contributed by atoms with van der Waals surface area (Å²) in [5, 5.41) is 2.97. The van der Waals surface area contributed by atoms with Crippen molar-refractivity contribution in [2.24, 2.45) is 11.3 Å². The van der Waals surface area contributed by atoms with Crippen LogP contribution in [0.25, 0.3) is 5.82 Å². The van der Waals surface area contributed by atoms with Crippen LogP contribution in [0.5, 0.6) is 0 Å². The Morgan fingerprint density at radius 2 is 2.19 bits per heavy atom. The maximum Gasteiger partial charge on any atom is 0.265 e. The van der Waals surface area contributed by atoms with E-state index in [2.05, 4.69) is 42.1 Å². The van der Waals surface area contributed by atoms with Gasteiger partial charge in [0.15, 0.2) is 0 Å². The van der Waals surface area contributed by atoms with Crippen LogP contribution in [0, 0.1) is 11.3 Å². The minimum atomic E-state index is -0.0566. The van der Waals surface area contributed by atoms with Crippen molar-refractivity contribution in [1.29, 1.82) is 0 Å². The largest absolute Gasteiger partial charge is 0.320 e. The Labute approximate surface area is 163 Å². The Kier molecular flexibility index (Phi) is 4.60. The van der Waals surface area contributed by atoms with Crippen molar-refractivity contribution in [1.82, 2.24) is 14.5 Å². The van der Waals surface area contributed by atoms with Gasteiger partial charge in [0.1, 0.15) is 12.1 Å². The average Bonchev–Trinajstić information content (AvgIpc) is 3.30. The first-order chi connectivity index (χ1) is 12.9. The molecule has 3 aromatic heterocycles. The second-order valence-corrected chi connectivity index (χ2v) is 9.33. The quantitative estimate of drug-likeness (QED) is 0.714. The summed E-state index contributed by atoms with van der Waals surface area (Å²) in [6.45, 7) is 6.93. The van der Waals surface area contributed by atoms with Crippen molar-refractivity contribution in [3.63, 3.8) is 0 Å². The molecular weight excluding hydrogens is 356 g/mol. The number of hydrogen-bond donors (Lipinski definition) is 1. The molecule has 1 aliphatic rings. The van der Waals surface area contributed by atoms with Crippen LogP contribution in [0.2, 0.25) is 0 Å². The summed E-state index contributed by atoms with van der Waals surface area (Å²) >= 11 is 1.63. The van der Waals surface area contributed by atoms with E-state index < -0.39 is 0 Å². The second-order valence-electron chi connectivity index (χ2n) is 8.19.